The van der Waals surface area contributed by atoms with Gasteiger partial charge in [-0.2, -0.15) is 5.48 Å². The largest absolute Gasteiger partial charge is 0.382 e. The standard InChI is InChI=1S/C9H19NO3/c1-11-6-7-13-10-8-9-4-2-3-5-12-9/h9-10H,2-8H2,1H3. The summed E-state index contributed by atoms with van der Waals surface area (Å²) >= 11 is 0. The fourth-order valence-corrected chi connectivity index (χ4v) is 1.32. The van der Waals surface area contributed by atoms with Gasteiger partial charge in [0.2, 0.25) is 0 Å². The van der Waals surface area contributed by atoms with Crippen LogP contribution in [0.4, 0.5) is 0 Å². The molecular weight excluding hydrogens is 170 g/mol. The smallest absolute Gasteiger partial charge is 0.0915 e. The summed E-state index contributed by atoms with van der Waals surface area (Å²) in [4.78, 5) is 5.12. The molecule has 1 unspecified atom stereocenters. The lowest BCUT2D eigenvalue weighted by molar-refractivity contribution is -0.0413. The van der Waals surface area contributed by atoms with Crippen LogP contribution >= 0.6 is 0 Å². The molecule has 1 rings (SSSR count). The Morgan fingerprint density at radius 1 is 1.38 bits per heavy atom. The molecular formula is C9H19NO3. The zero-order valence-electron chi connectivity index (χ0n) is 8.25. The van der Waals surface area contributed by atoms with Gasteiger partial charge in [-0.3, -0.25) is 4.84 Å². The molecule has 4 heteroatoms. The van der Waals surface area contributed by atoms with Gasteiger partial charge in [0, 0.05) is 20.3 Å². The number of hydroxylamine groups is 1. The average molecular weight is 189 g/mol. The maximum Gasteiger partial charge on any atom is 0.0915 e. The fraction of sp³-hybridized carbons (Fsp3) is 1.00. The minimum absolute atomic E-state index is 0.330. The van der Waals surface area contributed by atoms with Gasteiger partial charge in [-0.1, -0.05) is 0 Å². The first-order chi connectivity index (χ1) is 6.43. The third kappa shape index (κ3) is 5.21. The van der Waals surface area contributed by atoms with E-state index in [0.29, 0.717) is 19.3 Å². The quantitative estimate of drug-likeness (QED) is 0.494. The van der Waals surface area contributed by atoms with E-state index in [1.807, 2.05) is 0 Å². The number of hydrogen-bond donors (Lipinski definition) is 1. The molecule has 1 saturated heterocycles. The van der Waals surface area contributed by atoms with E-state index in [2.05, 4.69) is 5.48 Å². The van der Waals surface area contributed by atoms with Gasteiger partial charge in [-0.15, -0.1) is 0 Å². The van der Waals surface area contributed by atoms with Crippen molar-refractivity contribution >= 4 is 0 Å². The summed E-state index contributed by atoms with van der Waals surface area (Å²) in [5.41, 5.74) is 2.88. The lowest BCUT2D eigenvalue weighted by Gasteiger charge is -2.22. The molecule has 1 aliphatic rings. The third-order valence-corrected chi connectivity index (χ3v) is 2.08. The molecule has 13 heavy (non-hydrogen) atoms. The van der Waals surface area contributed by atoms with Crippen LogP contribution in [-0.4, -0.2) is 39.6 Å². The molecule has 0 amide bonds. The van der Waals surface area contributed by atoms with Crippen molar-refractivity contribution in [3.8, 4) is 0 Å². The molecule has 0 spiro atoms. The zero-order chi connectivity index (χ0) is 9.36. The van der Waals surface area contributed by atoms with Crippen LogP contribution in [0.2, 0.25) is 0 Å². The van der Waals surface area contributed by atoms with Gasteiger partial charge in [0.05, 0.1) is 19.3 Å². The predicted molar refractivity (Wildman–Crippen MR) is 49.4 cm³/mol. The highest BCUT2D eigenvalue weighted by molar-refractivity contribution is 4.63. The van der Waals surface area contributed by atoms with Crippen molar-refractivity contribution in [1.29, 1.82) is 0 Å². The Kier molecular flexibility index (Phi) is 6.10. The first-order valence-corrected chi connectivity index (χ1v) is 4.88. The molecule has 78 valence electrons. The Balaban J connectivity index is 1.86. The topological polar surface area (TPSA) is 39.7 Å². The van der Waals surface area contributed by atoms with Gasteiger partial charge >= 0.3 is 0 Å². The van der Waals surface area contributed by atoms with Gasteiger partial charge in [0.15, 0.2) is 0 Å². The van der Waals surface area contributed by atoms with E-state index >= 15 is 0 Å². The van der Waals surface area contributed by atoms with Crippen LogP contribution in [0.15, 0.2) is 0 Å². The van der Waals surface area contributed by atoms with E-state index in [9.17, 15) is 0 Å². The Bertz CT molecular complexity index is 115. The van der Waals surface area contributed by atoms with Crippen molar-refractivity contribution in [2.75, 3.05) is 33.5 Å². The summed E-state index contributed by atoms with van der Waals surface area (Å²) in [5.74, 6) is 0. The Hall–Kier alpha value is -0.160. The second-order valence-electron chi connectivity index (χ2n) is 3.18. The summed E-state index contributed by atoms with van der Waals surface area (Å²) in [7, 11) is 1.66. The summed E-state index contributed by atoms with van der Waals surface area (Å²) in [6, 6.07) is 0. The number of methoxy groups -OCH3 is 1. The summed E-state index contributed by atoms with van der Waals surface area (Å²) in [5, 5.41) is 0. The first-order valence-electron chi connectivity index (χ1n) is 4.88. The number of ether oxygens (including phenoxy) is 2. The predicted octanol–water partition coefficient (Wildman–Crippen LogP) is 0.723. The van der Waals surface area contributed by atoms with Crippen molar-refractivity contribution in [3.63, 3.8) is 0 Å². The second kappa shape index (κ2) is 7.26. The van der Waals surface area contributed by atoms with Crippen LogP contribution in [0.5, 0.6) is 0 Å². The van der Waals surface area contributed by atoms with Crippen LogP contribution in [0.3, 0.4) is 0 Å². The molecule has 0 aromatic heterocycles. The minimum Gasteiger partial charge on any atom is -0.382 e. The van der Waals surface area contributed by atoms with Crippen molar-refractivity contribution in [2.24, 2.45) is 0 Å². The van der Waals surface area contributed by atoms with E-state index in [4.69, 9.17) is 14.3 Å². The van der Waals surface area contributed by atoms with Gasteiger partial charge in [-0.05, 0) is 19.3 Å². The molecule has 0 bridgehead atoms. The van der Waals surface area contributed by atoms with Crippen molar-refractivity contribution in [3.05, 3.63) is 0 Å². The summed E-state index contributed by atoms with van der Waals surface area (Å²) in [6.07, 6.45) is 3.93. The number of rotatable bonds is 6. The molecule has 1 heterocycles. The normalized spacial score (nSPS) is 23.3. The SMILES string of the molecule is COCCONCC1CCCCO1. The Morgan fingerprint density at radius 2 is 2.31 bits per heavy atom. The molecule has 4 nitrogen and oxygen atoms in total. The van der Waals surface area contributed by atoms with E-state index in [-0.39, 0.29) is 0 Å². The molecule has 0 radical (unpaired) electrons. The van der Waals surface area contributed by atoms with Crippen LogP contribution in [0.1, 0.15) is 19.3 Å². The lowest BCUT2D eigenvalue weighted by Crippen LogP contribution is -2.32. The molecule has 0 aromatic rings. The highest BCUT2D eigenvalue weighted by Gasteiger charge is 2.12. The molecule has 1 N–H and O–H groups in total. The minimum atomic E-state index is 0.330. The number of nitrogens with one attached hydrogen (secondary N) is 1. The second-order valence-corrected chi connectivity index (χ2v) is 3.18. The highest BCUT2D eigenvalue weighted by atomic mass is 16.7. The summed E-state index contributed by atoms with van der Waals surface area (Å²) in [6.45, 7) is 2.88. The maximum atomic E-state index is 5.51. The van der Waals surface area contributed by atoms with E-state index in [0.717, 1.165) is 19.6 Å². The van der Waals surface area contributed by atoms with E-state index in [1.54, 1.807) is 7.11 Å². The summed E-state index contributed by atoms with van der Waals surface area (Å²) < 4.78 is 10.3. The van der Waals surface area contributed by atoms with Crippen molar-refractivity contribution < 1.29 is 14.3 Å². The van der Waals surface area contributed by atoms with Crippen LogP contribution < -0.4 is 5.48 Å². The highest BCUT2D eigenvalue weighted by Crippen LogP contribution is 2.11. The van der Waals surface area contributed by atoms with E-state index in [1.165, 1.54) is 12.8 Å². The average Bonchev–Trinajstić information content (AvgIpc) is 2.19. The fourth-order valence-electron chi connectivity index (χ4n) is 1.32. The van der Waals surface area contributed by atoms with Crippen molar-refractivity contribution in [1.82, 2.24) is 5.48 Å². The number of hydrogen-bond acceptors (Lipinski definition) is 4. The Labute approximate surface area is 79.5 Å². The molecule has 0 saturated carbocycles. The van der Waals surface area contributed by atoms with E-state index < -0.39 is 0 Å². The monoisotopic (exact) mass is 189 g/mol. The molecule has 1 fully saturated rings. The van der Waals surface area contributed by atoms with Crippen LogP contribution in [0, 0.1) is 0 Å². The molecule has 1 atom stereocenters. The molecule has 1 aliphatic heterocycles. The van der Waals surface area contributed by atoms with Crippen molar-refractivity contribution in [2.45, 2.75) is 25.4 Å². The Morgan fingerprint density at radius 3 is 3.00 bits per heavy atom. The van der Waals surface area contributed by atoms with Crippen LogP contribution in [-0.2, 0) is 14.3 Å². The lowest BCUT2D eigenvalue weighted by atomic mass is 10.1. The molecule has 0 aliphatic carbocycles. The van der Waals surface area contributed by atoms with Gasteiger partial charge in [-0.25, -0.2) is 0 Å². The zero-order valence-corrected chi connectivity index (χ0v) is 8.25. The maximum absolute atomic E-state index is 5.51. The molecule has 0 aromatic carbocycles. The van der Waals surface area contributed by atoms with Gasteiger partial charge in [0.25, 0.3) is 0 Å². The van der Waals surface area contributed by atoms with Crippen LogP contribution in [0.25, 0.3) is 0 Å². The van der Waals surface area contributed by atoms with Gasteiger partial charge in [0.1, 0.15) is 0 Å². The third-order valence-electron chi connectivity index (χ3n) is 2.08. The first kappa shape index (κ1) is 10.9. The van der Waals surface area contributed by atoms with Gasteiger partial charge < -0.3 is 9.47 Å².